The Bertz CT molecular complexity index is 397. The first kappa shape index (κ1) is 16.8. The molecule has 0 aromatic rings. The lowest BCUT2D eigenvalue weighted by molar-refractivity contribution is 0.0915. The zero-order valence-corrected chi connectivity index (χ0v) is 14.6. The molecule has 0 heterocycles. The predicted molar refractivity (Wildman–Crippen MR) is 104 cm³/mol. The van der Waals surface area contributed by atoms with Crippen molar-refractivity contribution in [2.45, 2.75) is 69.9 Å². The third kappa shape index (κ3) is 6.80. The zero-order chi connectivity index (χ0) is 16.2. The minimum absolute atomic E-state index is 0. The number of nitrogens with zero attached hydrogens (tertiary/aromatic N) is 2. The molecule has 0 bridgehead atoms. The molecule has 0 aromatic carbocycles. The SMILES string of the molecule is N#COC1CCC(CC2CCC(N=C=O)CC2)CC1.[2H]CI.[HH].[HH].[HH].[HH].[HH].[HH]. The molecule has 0 unspecified atom stereocenters. The van der Waals surface area contributed by atoms with E-state index in [1.54, 1.807) is 6.08 Å². The Balaban J connectivity index is -0.000000127. The van der Waals surface area contributed by atoms with Gasteiger partial charge in [0, 0.05) is 9.93 Å². The summed E-state index contributed by atoms with van der Waals surface area (Å²) in [5.74, 6) is 1.60. The van der Waals surface area contributed by atoms with Gasteiger partial charge in [-0.1, -0.05) is 22.6 Å². The van der Waals surface area contributed by atoms with Crippen molar-refractivity contribution in [3.8, 4) is 6.26 Å². The van der Waals surface area contributed by atoms with Gasteiger partial charge in [-0.3, -0.25) is 0 Å². The lowest BCUT2D eigenvalue weighted by atomic mass is 9.76. The highest BCUT2D eigenvalue weighted by Crippen LogP contribution is 2.36. The van der Waals surface area contributed by atoms with Crippen molar-refractivity contribution in [3.63, 3.8) is 0 Å². The van der Waals surface area contributed by atoms with Gasteiger partial charge in [0.1, 0.15) is 6.10 Å². The van der Waals surface area contributed by atoms with Crippen molar-refractivity contribution >= 4 is 28.7 Å². The number of halogens is 1. The molecule has 2 fully saturated rings. The van der Waals surface area contributed by atoms with E-state index >= 15 is 0 Å². The number of hydrogen-bond donors (Lipinski definition) is 0. The first-order valence-electron chi connectivity index (χ1n) is 8.41. The molecule has 21 heavy (non-hydrogen) atoms. The van der Waals surface area contributed by atoms with Crippen LogP contribution in [0.2, 0.25) is 0 Å². The number of rotatable bonds is 4. The maximum absolute atomic E-state index is 10.2. The number of isocyanates is 1. The molecule has 130 valence electrons. The number of ether oxygens (including phenoxy) is 1. The molecule has 2 rings (SSSR count). The van der Waals surface area contributed by atoms with E-state index in [1.165, 1.54) is 32.1 Å². The van der Waals surface area contributed by atoms with Crippen LogP contribution in [0, 0.1) is 23.4 Å². The first-order chi connectivity index (χ1) is 10.7. The van der Waals surface area contributed by atoms with E-state index in [0.717, 1.165) is 37.5 Å². The summed E-state index contributed by atoms with van der Waals surface area (Å²) in [6.07, 6.45) is 13.9. The Morgan fingerprint density at radius 3 is 2.24 bits per heavy atom. The van der Waals surface area contributed by atoms with E-state index in [4.69, 9.17) is 11.4 Å². The topological polar surface area (TPSA) is 62.4 Å². The molecule has 0 aliphatic heterocycles. The average molecular weight is 417 g/mol. The highest BCUT2D eigenvalue weighted by atomic mass is 127. The van der Waals surface area contributed by atoms with E-state index in [1.807, 2.05) is 28.8 Å². The molecule has 5 heteroatoms. The second-order valence-corrected chi connectivity index (χ2v) is 5.98. The van der Waals surface area contributed by atoms with Crippen molar-refractivity contribution in [2.24, 2.45) is 16.8 Å². The zero-order valence-electron chi connectivity index (χ0n) is 13.5. The van der Waals surface area contributed by atoms with Crippen LogP contribution in [0.5, 0.6) is 0 Å². The quantitative estimate of drug-likeness (QED) is 0.189. The molecule has 0 radical (unpaired) electrons. The van der Waals surface area contributed by atoms with Crippen molar-refractivity contribution in [1.82, 2.24) is 0 Å². The van der Waals surface area contributed by atoms with Gasteiger partial charge in [-0.2, -0.15) is 5.26 Å². The molecule has 0 amide bonds. The van der Waals surface area contributed by atoms with E-state index in [-0.39, 0.29) is 20.7 Å². The monoisotopic (exact) mass is 417 g/mol. The van der Waals surface area contributed by atoms with Crippen LogP contribution in [0.25, 0.3) is 0 Å². The van der Waals surface area contributed by atoms with Gasteiger partial charge in [0.15, 0.2) is 0 Å². The van der Waals surface area contributed by atoms with Gasteiger partial charge in [-0.05, 0) is 74.5 Å². The third-order valence-corrected chi connectivity index (χ3v) is 4.73. The Hall–Kier alpha value is -0.600. The fourth-order valence-corrected chi connectivity index (χ4v) is 3.62. The Kier molecular flexibility index (Phi) is 8.81. The minimum Gasteiger partial charge on any atom is -0.424 e. The smallest absolute Gasteiger partial charge is 0.286 e. The van der Waals surface area contributed by atoms with Crippen molar-refractivity contribution < 1.29 is 19.5 Å². The highest BCUT2D eigenvalue weighted by molar-refractivity contribution is 14.1. The predicted octanol–water partition coefficient (Wildman–Crippen LogP) is 5.85. The van der Waals surface area contributed by atoms with Gasteiger partial charge < -0.3 is 4.74 Å². The van der Waals surface area contributed by atoms with Gasteiger partial charge in [0.2, 0.25) is 6.08 Å². The molecule has 2 aliphatic rings. The second kappa shape index (κ2) is 11.0. The van der Waals surface area contributed by atoms with Gasteiger partial charge in [-0.25, -0.2) is 9.79 Å². The van der Waals surface area contributed by atoms with Crippen LogP contribution < -0.4 is 0 Å². The molecular formula is C16H37IN2O2. The lowest BCUT2D eigenvalue weighted by Crippen LogP contribution is -2.24. The van der Waals surface area contributed by atoms with E-state index < -0.39 is 0 Å². The van der Waals surface area contributed by atoms with Gasteiger partial charge >= 0.3 is 0 Å². The average Bonchev–Trinajstić information content (AvgIpc) is 2.53. The number of hydrogen-bond acceptors (Lipinski definition) is 4. The summed E-state index contributed by atoms with van der Waals surface area (Å²) in [7, 11) is 0. The largest absolute Gasteiger partial charge is 0.424 e. The van der Waals surface area contributed by atoms with E-state index in [2.05, 4.69) is 4.99 Å². The fourth-order valence-electron chi connectivity index (χ4n) is 3.62. The Morgan fingerprint density at radius 2 is 1.76 bits per heavy atom. The normalized spacial score (nSPS) is 32.5. The van der Waals surface area contributed by atoms with Crippen LogP contribution in [0.4, 0.5) is 0 Å². The lowest BCUT2D eigenvalue weighted by Gasteiger charge is -2.32. The molecule has 4 nitrogen and oxygen atoms in total. The second-order valence-electron chi connectivity index (χ2n) is 5.98. The fraction of sp³-hybridized carbons (Fsp3) is 0.875. The Morgan fingerprint density at radius 1 is 1.24 bits per heavy atom. The summed E-state index contributed by atoms with van der Waals surface area (Å²) >= 11 is 1.96. The van der Waals surface area contributed by atoms with Crippen LogP contribution in [0.3, 0.4) is 0 Å². The number of alkyl halides is 1. The highest BCUT2D eigenvalue weighted by Gasteiger charge is 2.27. The van der Waals surface area contributed by atoms with Crippen LogP contribution >= 0.6 is 22.6 Å². The van der Waals surface area contributed by atoms with Crippen molar-refractivity contribution in [1.29, 1.82) is 5.26 Å². The summed E-state index contributed by atoms with van der Waals surface area (Å²) in [6, 6.07) is 0.230. The van der Waals surface area contributed by atoms with Gasteiger partial charge in [-0.15, -0.1) is 0 Å². The van der Waals surface area contributed by atoms with E-state index in [9.17, 15) is 4.79 Å². The van der Waals surface area contributed by atoms with Gasteiger partial charge in [0.25, 0.3) is 6.26 Å². The van der Waals surface area contributed by atoms with Crippen molar-refractivity contribution in [3.05, 3.63) is 0 Å². The summed E-state index contributed by atoms with van der Waals surface area (Å²) in [5.41, 5.74) is 0. The molecule has 0 N–H and O–H groups in total. The van der Waals surface area contributed by atoms with Crippen LogP contribution in [0.15, 0.2) is 4.99 Å². The molecule has 0 spiro atoms. The standard InChI is InChI=1S/C15H22N2O2.CH3I.6H2/c16-10-19-15-7-3-13(4-8-15)9-12-1-5-14(6-2-12)17-11-18;1-2;;;;;;/h12-15H,1-9H2;1H3;6*1H/i;1D;;;;;;. The maximum atomic E-state index is 10.2. The van der Waals surface area contributed by atoms with E-state index in [0.29, 0.717) is 4.91 Å². The minimum atomic E-state index is 0. The molecule has 0 aromatic heterocycles. The Labute approximate surface area is 151 Å². The van der Waals surface area contributed by atoms with Crippen LogP contribution in [0.1, 0.15) is 67.7 Å². The summed E-state index contributed by atoms with van der Waals surface area (Å²) in [5, 5.41) is 8.51. The number of carbonyl (C=O) groups excluding carboxylic acids is 1. The maximum Gasteiger partial charge on any atom is 0.286 e. The molecule has 0 atom stereocenters. The van der Waals surface area contributed by atoms with Gasteiger partial charge in [0.05, 0.1) is 6.04 Å². The molecular weight excluding hydrogens is 379 g/mol. The number of nitriles is 1. The first-order valence-corrected chi connectivity index (χ1v) is 9.22. The number of aliphatic imine (C=N–C) groups is 1. The molecule has 2 aliphatic carbocycles. The summed E-state index contributed by atoms with van der Waals surface area (Å²) < 4.78 is 11.2. The molecule has 0 saturated heterocycles. The summed E-state index contributed by atoms with van der Waals surface area (Å²) in [6.45, 7) is 0. The van der Waals surface area contributed by atoms with Crippen LogP contribution in [-0.4, -0.2) is 23.1 Å². The van der Waals surface area contributed by atoms with Crippen molar-refractivity contribution in [2.75, 3.05) is 4.91 Å². The summed E-state index contributed by atoms with van der Waals surface area (Å²) in [4.78, 5) is 14.5. The third-order valence-electron chi connectivity index (χ3n) is 4.73. The molecule has 2 saturated carbocycles. The van der Waals surface area contributed by atoms with Crippen LogP contribution in [-0.2, 0) is 9.53 Å².